The van der Waals surface area contributed by atoms with Crippen LogP contribution in [0, 0.1) is 0 Å². The van der Waals surface area contributed by atoms with Crippen LogP contribution < -0.4 is 0 Å². The van der Waals surface area contributed by atoms with E-state index in [-0.39, 0.29) is 25.1 Å². The number of piperidine rings is 1. The van der Waals surface area contributed by atoms with Gasteiger partial charge in [0.2, 0.25) is 5.91 Å². The number of carbonyl (C=O) groups excluding carboxylic acids is 2. The van der Waals surface area contributed by atoms with Gasteiger partial charge in [0.15, 0.2) is 0 Å². The Morgan fingerprint density at radius 3 is 2.59 bits per heavy atom. The van der Waals surface area contributed by atoms with Gasteiger partial charge in [0.1, 0.15) is 13.2 Å². The minimum Gasteiger partial charge on any atom is -0.447 e. The van der Waals surface area contributed by atoms with Gasteiger partial charge in [-0.25, -0.2) is 9.78 Å². The normalized spacial score (nSPS) is 18.9. The molecule has 0 N–H and O–H groups in total. The van der Waals surface area contributed by atoms with Crippen LogP contribution in [-0.2, 0) is 9.53 Å². The Morgan fingerprint density at radius 1 is 1.09 bits per heavy atom. The van der Waals surface area contributed by atoms with Crippen molar-refractivity contribution in [3.05, 3.63) is 74.5 Å². The van der Waals surface area contributed by atoms with Crippen molar-refractivity contribution < 1.29 is 14.3 Å². The van der Waals surface area contributed by atoms with Gasteiger partial charge < -0.3 is 9.64 Å². The van der Waals surface area contributed by atoms with Gasteiger partial charge >= 0.3 is 6.09 Å². The second-order valence-corrected chi connectivity index (χ2v) is 10.2. The summed E-state index contributed by atoms with van der Waals surface area (Å²) in [5.74, 6) is 0.258. The Kier molecular flexibility index (Phi) is 6.77. The highest BCUT2D eigenvalue weighted by Crippen LogP contribution is 2.35. The molecule has 1 atom stereocenters. The van der Waals surface area contributed by atoms with Crippen molar-refractivity contribution in [3.8, 4) is 11.3 Å². The molecule has 2 aliphatic rings. The van der Waals surface area contributed by atoms with Gasteiger partial charge in [0.25, 0.3) is 0 Å². The van der Waals surface area contributed by atoms with Crippen molar-refractivity contribution in [1.82, 2.24) is 14.8 Å². The van der Waals surface area contributed by atoms with E-state index >= 15 is 0 Å². The first-order valence-electron chi connectivity index (χ1n) is 11.2. The number of halogens is 2. The minimum absolute atomic E-state index is 0.0296. The Labute approximate surface area is 212 Å². The van der Waals surface area contributed by atoms with Crippen LogP contribution >= 0.6 is 34.5 Å². The fraction of sp³-hybridized carbons (Fsp3) is 0.320. The molecule has 5 rings (SSSR count). The average molecular weight is 516 g/mol. The van der Waals surface area contributed by atoms with Crippen LogP contribution in [0.4, 0.5) is 4.79 Å². The summed E-state index contributed by atoms with van der Waals surface area (Å²) in [5, 5.41) is 4.14. The molecule has 1 unspecified atom stereocenters. The Balaban J connectivity index is 1.19. The van der Waals surface area contributed by atoms with E-state index in [4.69, 9.17) is 32.9 Å². The van der Waals surface area contributed by atoms with Gasteiger partial charge in [-0.2, -0.15) is 0 Å². The third-order valence-electron chi connectivity index (χ3n) is 6.40. The molecule has 2 fully saturated rings. The highest BCUT2D eigenvalue weighted by atomic mass is 35.5. The number of nitrogens with zero attached hydrogens (tertiary/aromatic N) is 3. The molecule has 0 saturated carbocycles. The SMILES string of the molecule is O=C(CN1C(=O)OCC1c1ccccc1)N1CCC(c2nc(-c3ccc(Cl)c(Cl)c3)cs2)CC1. The molecule has 2 aliphatic heterocycles. The molecule has 34 heavy (non-hydrogen) atoms. The molecule has 2 amide bonds. The Bertz CT molecular complexity index is 1200. The minimum atomic E-state index is -0.435. The highest BCUT2D eigenvalue weighted by molar-refractivity contribution is 7.10. The van der Waals surface area contributed by atoms with Crippen molar-refractivity contribution in [3.63, 3.8) is 0 Å². The lowest BCUT2D eigenvalue weighted by Crippen LogP contribution is -2.44. The van der Waals surface area contributed by atoms with Crippen LogP contribution in [0.1, 0.15) is 35.4 Å². The second-order valence-electron chi connectivity index (χ2n) is 8.49. The molecule has 176 valence electrons. The van der Waals surface area contributed by atoms with E-state index in [1.54, 1.807) is 17.4 Å². The Hall–Kier alpha value is -2.61. The molecule has 6 nitrogen and oxygen atoms in total. The summed E-state index contributed by atoms with van der Waals surface area (Å²) in [6.07, 6.45) is 1.24. The lowest BCUT2D eigenvalue weighted by molar-refractivity contribution is -0.133. The monoisotopic (exact) mass is 515 g/mol. The molecular weight excluding hydrogens is 493 g/mol. The molecule has 2 aromatic carbocycles. The number of carbonyl (C=O) groups is 2. The summed E-state index contributed by atoms with van der Waals surface area (Å²) < 4.78 is 5.24. The first-order chi connectivity index (χ1) is 16.5. The maximum absolute atomic E-state index is 13.0. The third kappa shape index (κ3) is 4.78. The van der Waals surface area contributed by atoms with Crippen molar-refractivity contribution in [2.75, 3.05) is 26.2 Å². The van der Waals surface area contributed by atoms with Crippen LogP contribution in [0.3, 0.4) is 0 Å². The second kappa shape index (κ2) is 9.94. The molecule has 3 aromatic rings. The zero-order valence-electron chi connectivity index (χ0n) is 18.3. The molecule has 1 aromatic heterocycles. The van der Waals surface area contributed by atoms with E-state index in [1.807, 2.05) is 52.7 Å². The van der Waals surface area contributed by atoms with Gasteiger partial charge in [-0.1, -0.05) is 59.6 Å². The fourth-order valence-electron chi connectivity index (χ4n) is 4.46. The molecule has 0 bridgehead atoms. The third-order valence-corrected chi connectivity index (χ3v) is 8.15. The first kappa shape index (κ1) is 23.1. The molecular formula is C25H23Cl2N3O3S. The van der Waals surface area contributed by atoms with E-state index in [2.05, 4.69) is 0 Å². The Morgan fingerprint density at radius 2 is 1.85 bits per heavy atom. The van der Waals surface area contributed by atoms with Gasteiger partial charge in [-0.3, -0.25) is 9.69 Å². The fourth-order valence-corrected chi connectivity index (χ4v) is 5.76. The summed E-state index contributed by atoms with van der Waals surface area (Å²) in [6, 6.07) is 15.0. The average Bonchev–Trinajstić information content (AvgIpc) is 3.49. The summed E-state index contributed by atoms with van der Waals surface area (Å²) in [5.41, 5.74) is 2.80. The zero-order chi connectivity index (χ0) is 23.7. The lowest BCUT2D eigenvalue weighted by atomic mass is 9.97. The summed E-state index contributed by atoms with van der Waals surface area (Å²) in [6.45, 7) is 1.58. The van der Waals surface area contributed by atoms with Crippen molar-refractivity contribution in [2.45, 2.75) is 24.8 Å². The van der Waals surface area contributed by atoms with Crippen LogP contribution in [0.25, 0.3) is 11.3 Å². The smallest absolute Gasteiger partial charge is 0.410 e. The van der Waals surface area contributed by atoms with E-state index in [0.717, 1.165) is 34.7 Å². The van der Waals surface area contributed by atoms with E-state index in [0.29, 0.717) is 29.1 Å². The van der Waals surface area contributed by atoms with E-state index in [9.17, 15) is 9.59 Å². The maximum Gasteiger partial charge on any atom is 0.410 e. The largest absolute Gasteiger partial charge is 0.447 e. The number of benzene rings is 2. The van der Waals surface area contributed by atoms with Crippen LogP contribution in [0.2, 0.25) is 10.0 Å². The highest BCUT2D eigenvalue weighted by Gasteiger charge is 2.37. The number of hydrogen-bond acceptors (Lipinski definition) is 5. The number of rotatable bonds is 5. The standard InChI is InChI=1S/C25H23Cl2N3O3S/c26-19-7-6-18(12-20(19)27)21-15-34-24(28-21)17-8-10-29(11-9-17)23(31)13-30-22(14-33-25(30)32)16-4-2-1-3-5-16/h1-7,12,15,17,22H,8-11,13-14H2. The van der Waals surface area contributed by atoms with E-state index < -0.39 is 6.09 Å². The van der Waals surface area contributed by atoms with Gasteiger partial charge in [-0.15, -0.1) is 11.3 Å². The maximum atomic E-state index is 13.0. The summed E-state index contributed by atoms with van der Waals surface area (Å²) in [4.78, 5) is 33.5. The molecule has 0 spiro atoms. The van der Waals surface area contributed by atoms with Gasteiger partial charge in [-0.05, 0) is 30.5 Å². The summed E-state index contributed by atoms with van der Waals surface area (Å²) in [7, 11) is 0. The van der Waals surface area contributed by atoms with Crippen LogP contribution in [0.15, 0.2) is 53.9 Å². The number of thiazole rings is 1. The van der Waals surface area contributed by atoms with Crippen LogP contribution in [-0.4, -0.2) is 53.0 Å². The van der Waals surface area contributed by atoms with E-state index in [1.165, 1.54) is 4.90 Å². The van der Waals surface area contributed by atoms with Crippen molar-refractivity contribution in [2.24, 2.45) is 0 Å². The number of hydrogen-bond donors (Lipinski definition) is 0. The number of amides is 2. The molecule has 9 heteroatoms. The lowest BCUT2D eigenvalue weighted by Gasteiger charge is -2.32. The molecule has 0 aliphatic carbocycles. The first-order valence-corrected chi connectivity index (χ1v) is 12.8. The van der Waals surface area contributed by atoms with Crippen molar-refractivity contribution in [1.29, 1.82) is 0 Å². The van der Waals surface area contributed by atoms with Gasteiger partial charge in [0.05, 0.1) is 26.8 Å². The zero-order valence-corrected chi connectivity index (χ0v) is 20.7. The quantitative estimate of drug-likeness (QED) is 0.416. The number of ether oxygens (including phenoxy) is 1. The number of likely N-dealkylation sites (tertiary alicyclic amines) is 1. The predicted molar refractivity (Wildman–Crippen MR) is 133 cm³/mol. The number of aromatic nitrogens is 1. The van der Waals surface area contributed by atoms with Crippen molar-refractivity contribution >= 4 is 46.5 Å². The molecule has 2 saturated heterocycles. The van der Waals surface area contributed by atoms with Crippen LogP contribution in [0.5, 0.6) is 0 Å². The number of cyclic esters (lactones) is 1. The summed E-state index contributed by atoms with van der Waals surface area (Å²) >= 11 is 13.8. The molecule has 0 radical (unpaired) electrons. The topological polar surface area (TPSA) is 62.7 Å². The van der Waals surface area contributed by atoms with Gasteiger partial charge in [0, 0.05) is 30.0 Å². The molecule has 3 heterocycles. The predicted octanol–water partition coefficient (Wildman–Crippen LogP) is 6.02.